The van der Waals surface area contributed by atoms with Crippen molar-refractivity contribution in [1.82, 2.24) is 16.0 Å². The third kappa shape index (κ3) is 8.70. The summed E-state index contributed by atoms with van der Waals surface area (Å²) in [5, 5.41) is 12.4. The van der Waals surface area contributed by atoms with Crippen molar-refractivity contribution in [1.29, 1.82) is 0 Å². The molecule has 204 valence electrons. The summed E-state index contributed by atoms with van der Waals surface area (Å²) in [5.74, 6) is -1.51. The fourth-order valence-corrected chi connectivity index (χ4v) is 3.97. The molecule has 0 aromatic heterocycles. The molecule has 0 aliphatic heterocycles. The van der Waals surface area contributed by atoms with E-state index in [0.29, 0.717) is 5.69 Å². The highest BCUT2D eigenvalue weighted by atomic mass is 16.5. The average molecular weight is 539 g/mol. The van der Waals surface area contributed by atoms with E-state index in [1.54, 1.807) is 6.07 Å². The normalized spacial score (nSPS) is 11.2. The van der Waals surface area contributed by atoms with Crippen molar-refractivity contribution >= 4 is 40.3 Å². The molecule has 4 aromatic carbocycles. The molecule has 0 bridgehead atoms. The standard InChI is InChI=1S/C31H30N4O5/c36-28(19-33-31(39)40-21-23-11-5-2-6-12-23)32-20-29(37)35-27(17-22-9-3-1-4-10-22)30(38)34-26-16-15-24-13-7-8-14-25(24)18-26/h1-16,18,27H,17,19-21H2,(H,32,36)(H,33,39)(H,34,38)(H,35,37)/t27-/m0/s1. The van der Waals surface area contributed by atoms with Gasteiger partial charge in [0.2, 0.25) is 17.7 Å². The van der Waals surface area contributed by atoms with E-state index >= 15 is 0 Å². The van der Waals surface area contributed by atoms with E-state index in [9.17, 15) is 19.2 Å². The molecule has 4 rings (SSSR count). The van der Waals surface area contributed by atoms with Gasteiger partial charge in [-0.15, -0.1) is 0 Å². The number of carbonyl (C=O) groups is 4. The number of rotatable bonds is 11. The molecular weight excluding hydrogens is 508 g/mol. The Balaban J connectivity index is 1.28. The zero-order chi connectivity index (χ0) is 28.2. The molecule has 0 aliphatic carbocycles. The average Bonchev–Trinajstić information content (AvgIpc) is 2.98. The Kier molecular flexibility index (Phi) is 9.82. The second kappa shape index (κ2) is 14.1. The summed E-state index contributed by atoms with van der Waals surface area (Å²) in [6.07, 6.45) is -0.494. The van der Waals surface area contributed by atoms with Crippen molar-refractivity contribution in [2.45, 2.75) is 19.1 Å². The van der Waals surface area contributed by atoms with Crippen LogP contribution < -0.4 is 21.3 Å². The molecule has 0 radical (unpaired) electrons. The van der Waals surface area contributed by atoms with E-state index in [1.165, 1.54) is 0 Å². The number of carbonyl (C=O) groups excluding carboxylic acids is 4. The number of fused-ring (bicyclic) bond motifs is 1. The van der Waals surface area contributed by atoms with Crippen LogP contribution in [0.1, 0.15) is 11.1 Å². The quantitative estimate of drug-likeness (QED) is 0.232. The van der Waals surface area contributed by atoms with E-state index < -0.39 is 23.9 Å². The predicted molar refractivity (Wildman–Crippen MR) is 152 cm³/mol. The fourth-order valence-electron chi connectivity index (χ4n) is 3.97. The van der Waals surface area contributed by atoms with Crippen molar-refractivity contribution < 1.29 is 23.9 Å². The first-order valence-corrected chi connectivity index (χ1v) is 12.8. The van der Waals surface area contributed by atoms with Crippen LogP contribution in [0.5, 0.6) is 0 Å². The molecule has 4 N–H and O–H groups in total. The number of amides is 4. The van der Waals surface area contributed by atoms with Gasteiger partial charge in [-0.25, -0.2) is 4.79 Å². The van der Waals surface area contributed by atoms with Gasteiger partial charge >= 0.3 is 6.09 Å². The first-order chi connectivity index (χ1) is 19.5. The lowest BCUT2D eigenvalue weighted by Crippen LogP contribution is -2.49. The molecule has 1 atom stereocenters. The predicted octanol–water partition coefficient (Wildman–Crippen LogP) is 3.55. The molecule has 40 heavy (non-hydrogen) atoms. The van der Waals surface area contributed by atoms with Crippen molar-refractivity contribution in [2.75, 3.05) is 18.4 Å². The van der Waals surface area contributed by atoms with E-state index in [0.717, 1.165) is 21.9 Å². The molecule has 0 heterocycles. The second-order valence-electron chi connectivity index (χ2n) is 9.05. The number of hydrogen-bond acceptors (Lipinski definition) is 5. The Morgan fingerprint density at radius 3 is 2.00 bits per heavy atom. The summed E-state index contributed by atoms with van der Waals surface area (Å²) in [7, 11) is 0. The van der Waals surface area contributed by atoms with Gasteiger partial charge in [-0.1, -0.05) is 91.0 Å². The SMILES string of the molecule is O=C(CNC(=O)OCc1ccccc1)NCC(=O)N[C@@H](Cc1ccccc1)C(=O)Nc1ccc2ccccc2c1. The maximum absolute atomic E-state index is 13.2. The van der Waals surface area contributed by atoms with Gasteiger partial charge in [0.1, 0.15) is 19.2 Å². The van der Waals surface area contributed by atoms with Crippen LogP contribution in [-0.2, 0) is 32.1 Å². The van der Waals surface area contributed by atoms with Gasteiger partial charge in [-0.05, 0) is 34.0 Å². The molecule has 0 spiro atoms. The lowest BCUT2D eigenvalue weighted by atomic mass is 10.0. The number of anilines is 1. The zero-order valence-corrected chi connectivity index (χ0v) is 21.8. The van der Waals surface area contributed by atoms with Crippen molar-refractivity contribution in [3.63, 3.8) is 0 Å². The lowest BCUT2D eigenvalue weighted by molar-refractivity contribution is -0.128. The minimum Gasteiger partial charge on any atom is -0.445 e. The van der Waals surface area contributed by atoms with Crippen LogP contribution in [0.25, 0.3) is 10.8 Å². The summed E-state index contributed by atoms with van der Waals surface area (Å²) < 4.78 is 5.06. The molecule has 0 aliphatic rings. The number of alkyl carbamates (subject to hydrolysis) is 1. The Bertz CT molecular complexity index is 1460. The summed E-state index contributed by atoms with van der Waals surface area (Å²) in [4.78, 5) is 49.8. The molecular formula is C31H30N4O5. The lowest BCUT2D eigenvalue weighted by Gasteiger charge is -2.19. The maximum atomic E-state index is 13.2. The van der Waals surface area contributed by atoms with Gasteiger partial charge in [0.05, 0.1) is 6.54 Å². The van der Waals surface area contributed by atoms with Crippen molar-refractivity contribution in [3.8, 4) is 0 Å². The van der Waals surface area contributed by atoms with Gasteiger partial charge in [0.25, 0.3) is 0 Å². The number of nitrogens with one attached hydrogen (secondary N) is 4. The summed E-state index contributed by atoms with van der Waals surface area (Å²) in [6.45, 7) is -0.661. The first kappa shape index (κ1) is 27.8. The molecule has 0 unspecified atom stereocenters. The van der Waals surface area contributed by atoms with E-state index in [4.69, 9.17) is 4.74 Å². The van der Waals surface area contributed by atoms with Gasteiger partial charge < -0.3 is 26.0 Å². The Labute approximate surface area is 231 Å². The van der Waals surface area contributed by atoms with Crippen LogP contribution in [0.15, 0.2) is 103 Å². The van der Waals surface area contributed by atoms with E-state index in [2.05, 4.69) is 21.3 Å². The summed E-state index contributed by atoms with van der Waals surface area (Å²) in [5.41, 5.74) is 2.28. The van der Waals surface area contributed by atoms with Gasteiger partial charge in [0, 0.05) is 12.1 Å². The van der Waals surface area contributed by atoms with Crippen LogP contribution >= 0.6 is 0 Å². The summed E-state index contributed by atoms with van der Waals surface area (Å²) in [6, 6.07) is 30.9. The first-order valence-electron chi connectivity index (χ1n) is 12.8. The maximum Gasteiger partial charge on any atom is 0.407 e. The Morgan fingerprint density at radius 2 is 1.27 bits per heavy atom. The molecule has 0 saturated carbocycles. The number of ether oxygens (including phenoxy) is 1. The van der Waals surface area contributed by atoms with E-state index in [-0.39, 0.29) is 32.0 Å². The van der Waals surface area contributed by atoms with Crippen LogP contribution in [-0.4, -0.2) is 42.9 Å². The van der Waals surface area contributed by atoms with Crippen LogP contribution in [0.2, 0.25) is 0 Å². The molecule has 4 aromatic rings. The number of benzene rings is 4. The third-order valence-corrected chi connectivity index (χ3v) is 6.00. The van der Waals surface area contributed by atoms with Crippen LogP contribution in [0.4, 0.5) is 10.5 Å². The topological polar surface area (TPSA) is 126 Å². The summed E-state index contributed by atoms with van der Waals surface area (Å²) >= 11 is 0. The second-order valence-corrected chi connectivity index (χ2v) is 9.05. The Hall–Kier alpha value is -5.18. The highest BCUT2D eigenvalue weighted by Crippen LogP contribution is 2.19. The van der Waals surface area contributed by atoms with Crippen LogP contribution in [0.3, 0.4) is 0 Å². The monoisotopic (exact) mass is 538 g/mol. The highest BCUT2D eigenvalue weighted by molar-refractivity contribution is 5.99. The zero-order valence-electron chi connectivity index (χ0n) is 21.8. The van der Waals surface area contributed by atoms with Gasteiger partial charge in [-0.3, -0.25) is 14.4 Å². The minimum absolute atomic E-state index is 0.0702. The van der Waals surface area contributed by atoms with Gasteiger partial charge in [-0.2, -0.15) is 0 Å². The fraction of sp³-hybridized carbons (Fsp3) is 0.161. The smallest absolute Gasteiger partial charge is 0.407 e. The molecule has 9 heteroatoms. The third-order valence-electron chi connectivity index (χ3n) is 6.00. The largest absolute Gasteiger partial charge is 0.445 e. The molecule has 0 fully saturated rings. The number of hydrogen-bond donors (Lipinski definition) is 4. The molecule has 0 saturated heterocycles. The molecule has 4 amide bonds. The molecule has 9 nitrogen and oxygen atoms in total. The Morgan fingerprint density at radius 1 is 0.650 bits per heavy atom. The van der Waals surface area contributed by atoms with Gasteiger partial charge in [0.15, 0.2) is 0 Å². The minimum atomic E-state index is -0.885. The van der Waals surface area contributed by atoms with Crippen molar-refractivity contribution in [3.05, 3.63) is 114 Å². The highest BCUT2D eigenvalue weighted by Gasteiger charge is 2.22. The van der Waals surface area contributed by atoms with Crippen molar-refractivity contribution in [2.24, 2.45) is 0 Å². The van der Waals surface area contributed by atoms with Crippen LogP contribution in [0, 0.1) is 0 Å². The van der Waals surface area contributed by atoms with E-state index in [1.807, 2.05) is 97.1 Å².